The van der Waals surface area contributed by atoms with Crippen molar-refractivity contribution in [3.63, 3.8) is 0 Å². The fraction of sp³-hybridized carbons (Fsp3) is 0.176. The van der Waals surface area contributed by atoms with Gasteiger partial charge >= 0.3 is 5.97 Å². The van der Waals surface area contributed by atoms with Gasteiger partial charge in [-0.3, -0.25) is 4.79 Å². The number of esters is 1. The van der Waals surface area contributed by atoms with Gasteiger partial charge in [-0.1, -0.05) is 109 Å². The fourth-order valence-electron chi connectivity index (χ4n) is 4.96. The number of hydrogen-bond donors (Lipinski definition) is 0. The molecule has 0 saturated heterocycles. The van der Waals surface area contributed by atoms with Crippen molar-refractivity contribution in [3.05, 3.63) is 115 Å². The number of imidazole rings is 1. The third kappa shape index (κ3) is 5.30. The van der Waals surface area contributed by atoms with Crippen LogP contribution in [0.1, 0.15) is 25.8 Å². The molecule has 0 spiro atoms. The molecule has 38 heavy (non-hydrogen) atoms. The number of carbonyl (C=O) groups is 1. The third-order valence-electron chi connectivity index (χ3n) is 6.71. The van der Waals surface area contributed by atoms with Crippen LogP contribution in [0.2, 0.25) is 0 Å². The second-order valence-corrected chi connectivity index (χ2v) is 9.16. The Morgan fingerprint density at radius 2 is 1.37 bits per heavy atom. The zero-order valence-electron chi connectivity index (χ0n) is 21.9. The number of ether oxygens (including phenoxy) is 1. The number of aromatic nitrogens is 2. The van der Waals surface area contributed by atoms with Gasteiger partial charge in [0, 0.05) is 29.7 Å². The summed E-state index contributed by atoms with van der Waals surface area (Å²) in [6.07, 6.45) is 1.02. The Labute approximate surface area is 224 Å². The van der Waals surface area contributed by atoms with Crippen molar-refractivity contribution in [3.8, 4) is 45.0 Å². The predicted molar refractivity (Wildman–Crippen MR) is 155 cm³/mol. The van der Waals surface area contributed by atoms with Crippen LogP contribution in [-0.4, -0.2) is 22.1 Å². The van der Waals surface area contributed by atoms with Crippen LogP contribution >= 0.6 is 0 Å². The first kappa shape index (κ1) is 25.2. The first-order valence-electron chi connectivity index (χ1n) is 13.2. The van der Waals surface area contributed by atoms with Gasteiger partial charge in [0.05, 0.1) is 18.0 Å². The van der Waals surface area contributed by atoms with E-state index in [1.165, 1.54) is 0 Å². The number of hydrogen-bond acceptors (Lipinski definition) is 3. The van der Waals surface area contributed by atoms with Gasteiger partial charge in [-0.25, -0.2) is 4.98 Å². The topological polar surface area (TPSA) is 44.1 Å². The predicted octanol–water partition coefficient (Wildman–Crippen LogP) is 8.07. The van der Waals surface area contributed by atoms with E-state index in [0.717, 1.165) is 57.1 Å². The Bertz CT molecular complexity index is 1520. The molecule has 0 bridgehead atoms. The summed E-state index contributed by atoms with van der Waals surface area (Å²) in [5.74, 6) is 0.780. The number of carbonyl (C=O) groups excluding carboxylic acids is 1. The molecule has 0 unspecified atom stereocenters. The summed E-state index contributed by atoms with van der Waals surface area (Å²) in [7, 11) is 0. The monoisotopic (exact) mass is 500 g/mol. The Morgan fingerprint density at radius 1 is 0.737 bits per heavy atom. The Kier molecular flexibility index (Phi) is 7.79. The van der Waals surface area contributed by atoms with Crippen LogP contribution in [0.4, 0.5) is 0 Å². The van der Waals surface area contributed by atoms with Gasteiger partial charge in [0.1, 0.15) is 5.82 Å². The molecule has 0 aliphatic heterocycles. The minimum atomic E-state index is -0.162. The molecule has 0 fully saturated rings. The molecule has 1 aromatic heterocycles. The van der Waals surface area contributed by atoms with E-state index in [4.69, 9.17) is 9.72 Å². The van der Waals surface area contributed by atoms with Crippen molar-refractivity contribution in [2.45, 2.75) is 33.2 Å². The quantitative estimate of drug-likeness (QED) is 0.192. The van der Waals surface area contributed by atoms with Crippen molar-refractivity contribution in [2.75, 3.05) is 6.61 Å². The summed E-state index contributed by atoms with van der Waals surface area (Å²) >= 11 is 0. The molecule has 5 aromatic rings. The molecule has 0 N–H and O–H groups in total. The molecule has 0 aliphatic carbocycles. The van der Waals surface area contributed by atoms with Crippen LogP contribution in [0.25, 0.3) is 45.0 Å². The van der Waals surface area contributed by atoms with Gasteiger partial charge in [0.25, 0.3) is 0 Å². The normalized spacial score (nSPS) is 10.9. The molecule has 1 heterocycles. The lowest BCUT2D eigenvalue weighted by Gasteiger charge is -2.14. The Balaban J connectivity index is 1.63. The molecule has 4 nitrogen and oxygen atoms in total. The Morgan fingerprint density at radius 3 is 2.05 bits per heavy atom. The van der Waals surface area contributed by atoms with E-state index in [-0.39, 0.29) is 5.97 Å². The fourth-order valence-corrected chi connectivity index (χ4v) is 4.96. The number of benzene rings is 4. The Hall–Kier alpha value is -4.44. The lowest BCUT2D eigenvalue weighted by atomic mass is 9.96. The highest BCUT2D eigenvalue weighted by atomic mass is 16.5. The zero-order chi connectivity index (χ0) is 26.3. The maximum absolute atomic E-state index is 11.9. The van der Waals surface area contributed by atoms with Crippen LogP contribution in [0.3, 0.4) is 0 Å². The van der Waals surface area contributed by atoms with Crippen LogP contribution in [-0.2, 0) is 22.5 Å². The summed E-state index contributed by atoms with van der Waals surface area (Å²) in [5.41, 5.74) is 8.75. The van der Waals surface area contributed by atoms with Crippen molar-refractivity contribution >= 4 is 5.97 Å². The molecule has 5 rings (SSSR count). The standard InChI is InChI=1S/C34H32N2O2/c1-3-36-33(27-17-9-6-10-18-27)32(26-15-7-5-8-16-26)35-34(36)30-21-12-11-20-29(30)28-19-13-14-25(24-28)22-23-31(37)38-4-2/h5-21,24H,3-4,22-23H2,1-2H3. The minimum absolute atomic E-state index is 0.162. The van der Waals surface area contributed by atoms with Gasteiger partial charge < -0.3 is 9.30 Å². The van der Waals surface area contributed by atoms with Gasteiger partial charge in [-0.2, -0.15) is 0 Å². The maximum atomic E-state index is 11.9. The van der Waals surface area contributed by atoms with Crippen molar-refractivity contribution in [1.29, 1.82) is 0 Å². The maximum Gasteiger partial charge on any atom is 0.306 e. The van der Waals surface area contributed by atoms with E-state index in [1.54, 1.807) is 0 Å². The molecular formula is C34H32N2O2. The average molecular weight is 501 g/mol. The van der Waals surface area contributed by atoms with Crippen LogP contribution < -0.4 is 0 Å². The molecule has 0 atom stereocenters. The molecule has 190 valence electrons. The average Bonchev–Trinajstić information content (AvgIpc) is 3.37. The van der Waals surface area contributed by atoms with E-state index in [9.17, 15) is 4.79 Å². The summed E-state index contributed by atoms with van der Waals surface area (Å²) in [5, 5.41) is 0. The lowest BCUT2D eigenvalue weighted by molar-refractivity contribution is -0.143. The van der Waals surface area contributed by atoms with Gasteiger partial charge in [-0.15, -0.1) is 0 Å². The van der Waals surface area contributed by atoms with E-state index >= 15 is 0 Å². The van der Waals surface area contributed by atoms with Crippen molar-refractivity contribution < 1.29 is 9.53 Å². The third-order valence-corrected chi connectivity index (χ3v) is 6.71. The largest absolute Gasteiger partial charge is 0.466 e. The molecular weight excluding hydrogens is 468 g/mol. The van der Waals surface area contributed by atoms with Crippen LogP contribution in [0.15, 0.2) is 109 Å². The minimum Gasteiger partial charge on any atom is -0.466 e. The van der Waals surface area contributed by atoms with Crippen molar-refractivity contribution in [1.82, 2.24) is 9.55 Å². The summed E-state index contributed by atoms with van der Waals surface area (Å²) in [6.45, 7) is 5.20. The number of nitrogens with zero attached hydrogens (tertiary/aromatic N) is 2. The molecule has 0 saturated carbocycles. The molecule has 0 aliphatic rings. The summed E-state index contributed by atoms with van der Waals surface area (Å²) in [6, 6.07) is 37.8. The van der Waals surface area contributed by atoms with E-state index in [1.807, 2.05) is 19.1 Å². The highest BCUT2D eigenvalue weighted by Crippen LogP contribution is 2.39. The number of rotatable bonds is 9. The SMILES string of the molecule is CCOC(=O)CCc1cccc(-c2ccccc2-c2nc(-c3ccccc3)c(-c3ccccc3)n2CC)c1. The molecule has 0 amide bonds. The van der Waals surface area contributed by atoms with Crippen molar-refractivity contribution in [2.24, 2.45) is 0 Å². The smallest absolute Gasteiger partial charge is 0.306 e. The first-order chi connectivity index (χ1) is 18.7. The molecule has 4 heteroatoms. The van der Waals surface area contributed by atoms with E-state index in [2.05, 4.69) is 109 Å². The van der Waals surface area contributed by atoms with Gasteiger partial charge in [-0.05, 0) is 37.0 Å². The summed E-state index contributed by atoms with van der Waals surface area (Å²) in [4.78, 5) is 17.2. The van der Waals surface area contributed by atoms with Crippen LogP contribution in [0, 0.1) is 0 Å². The lowest BCUT2D eigenvalue weighted by Crippen LogP contribution is -2.05. The highest BCUT2D eigenvalue weighted by Gasteiger charge is 2.22. The second-order valence-electron chi connectivity index (χ2n) is 9.16. The zero-order valence-corrected chi connectivity index (χ0v) is 21.9. The molecule has 0 radical (unpaired) electrons. The highest BCUT2D eigenvalue weighted by molar-refractivity contribution is 5.87. The van der Waals surface area contributed by atoms with E-state index in [0.29, 0.717) is 19.4 Å². The van der Waals surface area contributed by atoms with Crippen LogP contribution in [0.5, 0.6) is 0 Å². The van der Waals surface area contributed by atoms with Gasteiger partial charge in [0.15, 0.2) is 0 Å². The molecule has 4 aromatic carbocycles. The number of aryl methyl sites for hydroxylation is 1. The first-order valence-corrected chi connectivity index (χ1v) is 13.2. The summed E-state index contributed by atoms with van der Waals surface area (Å²) < 4.78 is 7.44. The second kappa shape index (κ2) is 11.7. The van der Waals surface area contributed by atoms with E-state index < -0.39 is 0 Å². The van der Waals surface area contributed by atoms with Gasteiger partial charge in [0.2, 0.25) is 0 Å².